The summed E-state index contributed by atoms with van der Waals surface area (Å²) in [6.45, 7) is 0. The van der Waals surface area contributed by atoms with E-state index in [1.807, 2.05) is 0 Å². The Bertz CT molecular complexity index is 315. The summed E-state index contributed by atoms with van der Waals surface area (Å²) in [7, 11) is 0. The first kappa shape index (κ1) is 10.2. The number of rotatable bonds is 1. The number of esters is 1. The standard InChI is InChI=1S/C12H14O3/c1-2-12(9-5-3-4-6-9)8-10(13)7-11(14)15-12/h1,9H,3-8H2. The predicted molar refractivity (Wildman–Crippen MR) is 53.9 cm³/mol. The fourth-order valence-electron chi connectivity index (χ4n) is 2.61. The molecule has 0 bridgehead atoms. The molecule has 2 aliphatic rings. The summed E-state index contributed by atoms with van der Waals surface area (Å²) in [6, 6.07) is 0. The van der Waals surface area contributed by atoms with E-state index < -0.39 is 11.6 Å². The summed E-state index contributed by atoms with van der Waals surface area (Å²) in [5, 5.41) is 0. The van der Waals surface area contributed by atoms with E-state index in [-0.39, 0.29) is 24.5 Å². The number of cyclic esters (lactones) is 1. The number of ketones is 1. The average Bonchev–Trinajstić information content (AvgIpc) is 2.69. The van der Waals surface area contributed by atoms with E-state index in [0.717, 1.165) is 25.7 Å². The Morgan fingerprint density at radius 3 is 2.53 bits per heavy atom. The van der Waals surface area contributed by atoms with Crippen LogP contribution in [0.2, 0.25) is 0 Å². The molecule has 0 amide bonds. The molecular weight excluding hydrogens is 192 g/mol. The van der Waals surface area contributed by atoms with Crippen LogP contribution in [0.15, 0.2) is 0 Å². The summed E-state index contributed by atoms with van der Waals surface area (Å²) in [5.74, 6) is 2.18. The Morgan fingerprint density at radius 1 is 1.33 bits per heavy atom. The molecule has 2 fully saturated rings. The minimum Gasteiger partial charge on any atom is -0.445 e. The molecule has 3 heteroatoms. The summed E-state index contributed by atoms with van der Waals surface area (Å²) in [4.78, 5) is 22.7. The molecule has 15 heavy (non-hydrogen) atoms. The Kier molecular flexibility index (Phi) is 2.52. The van der Waals surface area contributed by atoms with Crippen molar-refractivity contribution in [3.8, 4) is 12.3 Å². The van der Waals surface area contributed by atoms with E-state index >= 15 is 0 Å². The minimum atomic E-state index is -0.928. The van der Waals surface area contributed by atoms with Crippen molar-refractivity contribution in [1.29, 1.82) is 0 Å². The second kappa shape index (κ2) is 3.69. The largest absolute Gasteiger partial charge is 0.445 e. The van der Waals surface area contributed by atoms with E-state index in [2.05, 4.69) is 5.92 Å². The van der Waals surface area contributed by atoms with Crippen LogP contribution >= 0.6 is 0 Å². The van der Waals surface area contributed by atoms with Crippen molar-refractivity contribution in [3.63, 3.8) is 0 Å². The van der Waals surface area contributed by atoms with Crippen LogP contribution in [0.3, 0.4) is 0 Å². The van der Waals surface area contributed by atoms with Crippen molar-refractivity contribution in [1.82, 2.24) is 0 Å². The molecule has 1 aliphatic heterocycles. The van der Waals surface area contributed by atoms with E-state index in [1.54, 1.807) is 0 Å². The van der Waals surface area contributed by atoms with Gasteiger partial charge in [0.05, 0.1) is 6.42 Å². The molecule has 0 aromatic heterocycles. The van der Waals surface area contributed by atoms with Crippen LogP contribution < -0.4 is 0 Å². The predicted octanol–water partition coefficient (Wildman–Crippen LogP) is 1.45. The topological polar surface area (TPSA) is 43.4 Å². The highest BCUT2D eigenvalue weighted by molar-refractivity contribution is 5.98. The molecule has 1 atom stereocenters. The van der Waals surface area contributed by atoms with Gasteiger partial charge in [-0.2, -0.15) is 0 Å². The lowest BCUT2D eigenvalue weighted by Crippen LogP contribution is -2.46. The van der Waals surface area contributed by atoms with Crippen molar-refractivity contribution in [3.05, 3.63) is 0 Å². The maximum atomic E-state index is 11.4. The Hall–Kier alpha value is -1.30. The molecular formula is C12H14O3. The number of ether oxygens (including phenoxy) is 1. The van der Waals surface area contributed by atoms with Crippen LogP contribution in [0.4, 0.5) is 0 Å². The first-order valence-electron chi connectivity index (χ1n) is 5.37. The number of carbonyl (C=O) groups excluding carboxylic acids is 2. The maximum Gasteiger partial charge on any atom is 0.314 e. The molecule has 0 aromatic carbocycles. The molecule has 3 nitrogen and oxygen atoms in total. The van der Waals surface area contributed by atoms with Crippen molar-refractivity contribution in [2.75, 3.05) is 0 Å². The highest BCUT2D eigenvalue weighted by atomic mass is 16.6. The van der Waals surface area contributed by atoms with Gasteiger partial charge in [-0.3, -0.25) is 9.59 Å². The van der Waals surface area contributed by atoms with Crippen molar-refractivity contribution >= 4 is 11.8 Å². The lowest BCUT2D eigenvalue weighted by Gasteiger charge is -2.36. The SMILES string of the molecule is C#CC1(C2CCCC2)CC(=O)CC(=O)O1. The zero-order valence-electron chi connectivity index (χ0n) is 8.62. The summed E-state index contributed by atoms with van der Waals surface area (Å²) < 4.78 is 5.28. The molecule has 0 radical (unpaired) electrons. The first-order chi connectivity index (χ1) is 7.16. The first-order valence-corrected chi connectivity index (χ1v) is 5.37. The van der Waals surface area contributed by atoms with Crippen LogP contribution in [-0.4, -0.2) is 17.4 Å². The maximum absolute atomic E-state index is 11.4. The molecule has 1 saturated carbocycles. The van der Waals surface area contributed by atoms with Crippen molar-refractivity contribution < 1.29 is 14.3 Å². The smallest absolute Gasteiger partial charge is 0.314 e. The highest BCUT2D eigenvalue weighted by Crippen LogP contribution is 2.40. The van der Waals surface area contributed by atoms with Gasteiger partial charge in [-0.25, -0.2) is 0 Å². The lowest BCUT2D eigenvalue weighted by molar-refractivity contribution is -0.168. The van der Waals surface area contributed by atoms with Gasteiger partial charge in [0.1, 0.15) is 12.2 Å². The van der Waals surface area contributed by atoms with Crippen LogP contribution in [-0.2, 0) is 14.3 Å². The van der Waals surface area contributed by atoms with Gasteiger partial charge in [0.15, 0.2) is 5.60 Å². The number of carbonyl (C=O) groups is 2. The van der Waals surface area contributed by atoms with Gasteiger partial charge in [0.25, 0.3) is 0 Å². The van der Waals surface area contributed by atoms with Gasteiger partial charge < -0.3 is 4.74 Å². The summed E-state index contributed by atoms with van der Waals surface area (Å²) in [5.41, 5.74) is -0.928. The van der Waals surface area contributed by atoms with Crippen LogP contribution in [0.25, 0.3) is 0 Å². The molecule has 1 aliphatic carbocycles. The summed E-state index contributed by atoms with van der Waals surface area (Å²) >= 11 is 0. The van der Waals surface area contributed by atoms with E-state index in [4.69, 9.17) is 11.2 Å². The monoisotopic (exact) mass is 206 g/mol. The average molecular weight is 206 g/mol. The lowest BCUT2D eigenvalue weighted by atomic mass is 9.80. The van der Waals surface area contributed by atoms with Crippen molar-refractivity contribution in [2.45, 2.75) is 44.1 Å². The minimum absolute atomic E-state index is 0.0869. The Balaban J connectivity index is 2.23. The fourth-order valence-corrected chi connectivity index (χ4v) is 2.61. The number of hydrogen-bond donors (Lipinski definition) is 0. The van der Waals surface area contributed by atoms with Crippen LogP contribution in [0.5, 0.6) is 0 Å². The molecule has 1 saturated heterocycles. The highest BCUT2D eigenvalue weighted by Gasteiger charge is 2.46. The summed E-state index contributed by atoms with van der Waals surface area (Å²) in [6.07, 6.45) is 9.70. The number of terminal acetylenes is 1. The quantitative estimate of drug-likeness (QED) is 0.370. The van der Waals surface area contributed by atoms with E-state index in [9.17, 15) is 9.59 Å². The van der Waals surface area contributed by atoms with E-state index in [1.165, 1.54) is 0 Å². The third kappa shape index (κ3) is 1.77. The van der Waals surface area contributed by atoms with Gasteiger partial charge >= 0.3 is 5.97 Å². The van der Waals surface area contributed by atoms with Gasteiger partial charge in [-0.05, 0) is 12.8 Å². The fraction of sp³-hybridized carbons (Fsp3) is 0.667. The van der Waals surface area contributed by atoms with E-state index in [0.29, 0.717) is 0 Å². The van der Waals surface area contributed by atoms with Gasteiger partial charge in [0.2, 0.25) is 0 Å². The zero-order valence-corrected chi connectivity index (χ0v) is 8.62. The third-order valence-corrected chi connectivity index (χ3v) is 3.36. The number of Topliss-reactive ketones (excluding diaryl/α,β-unsaturated/α-hetero) is 1. The second-order valence-corrected chi connectivity index (χ2v) is 4.38. The van der Waals surface area contributed by atoms with Crippen LogP contribution in [0.1, 0.15) is 38.5 Å². The third-order valence-electron chi connectivity index (χ3n) is 3.36. The molecule has 80 valence electrons. The number of hydrogen-bond acceptors (Lipinski definition) is 3. The van der Waals surface area contributed by atoms with Crippen LogP contribution in [0, 0.1) is 18.3 Å². The van der Waals surface area contributed by atoms with Gasteiger partial charge in [-0.15, -0.1) is 6.42 Å². The molecule has 0 N–H and O–H groups in total. The van der Waals surface area contributed by atoms with Gasteiger partial charge in [0, 0.05) is 5.92 Å². The Labute approximate surface area is 89.2 Å². The second-order valence-electron chi connectivity index (χ2n) is 4.38. The Morgan fingerprint density at radius 2 is 2.00 bits per heavy atom. The normalized spacial score (nSPS) is 32.5. The molecule has 1 heterocycles. The molecule has 0 spiro atoms. The molecule has 1 unspecified atom stereocenters. The molecule has 2 rings (SSSR count). The van der Waals surface area contributed by atoms with Gasteiger partial charge in [-0.1, -0.05) is 18.8 Å². The molecule has 0 aromatic rings. The van der Waals surface area contributed by atoms with Crippen molar-refractivity contribution in [2.24, 2.45) is 5.92 Å². The zero-order chi connectivity index (χ0) is 10.9.